The second-order valence-corrected chi connectivity index (χ2v) is 7.77. The number of carbonyl (C=O) groups is 2. The van der Waals surface area contributed by atoms with Gasteiger partial charge in [-0.1, -0.05) is 0 Å². The average molecular weight is 344 g/mol. The van der Waals surface area contributed by atoms with Crippen LogP contribution in [0.3, 0.4) is 0 Å². The van der Waals surface area contributed by atoms with Crippen molar-refractivity contribution in [1.82, 2.24) is 4.98 Å². The summed E-state index contributed by atoms with van der Waals surface area (Å²) in [6, 6.07) is 0. The Morgan fingerprint density at radius 1 is 1.17 bits per heavy atom. The van der Waals surface area contributed by atoms with E-state index in [2.05, 4.69) is 4.98 Å². The topological polar surface area (TPSA) is 89.0 Å². The van der Waals surface area contributed by atoms with Gasteiger partial charge < -0.3 is 14.6 Å². The minimum absolute atomic E-state index is 0.245. The summed E-state index contributed by atoms with van der Waals surface area (Å²) in [7, 11) is 0. The minimum Gasteiger partial charge on any atom is -0.459 e. The normalized spacial score (nSPS) is 12.0. The Bertz CT molecular complexity index is 557. The number of aliphatic hydroxyl groups excluding tert-OH is 1. The molecule has 0 fully saturated rings. The van der Waals surface area contributed by atoms with Gasteiger partial charge in [0.05, 0.1) is 12.3 Å². The molecule has 1 aromatic rings. The molecule has 0 saturated carbocycles. The molecular weight excluding hydrogens is 320 g/mol. The van der Waals surface area contributed by atoms with Crippen molar-refractivity contribution in [3.05, 3.63) is 11.1 Å². The molecule has 0 aliphatic rings. The molecule has 0 aliphatic heterocycles. The Kier molecular flexibility index (Phi) is 6.12. The molecule has 1 rings (SSSR count). The molecule has 0 aromatic carbocycles. The Morgan fingerprint density at radius 2 is 1.74 bits per heavy atom. The van der Waals surface area contributed by atoms with Crippen molar-refractivity contribution >= 4 is 28.5 Å². The van der Waals surface area contributed by atoms with Crippen LogP contribution in [0.25, 0.3) is 0 Å². The Balaban J connectivity index is 2.97. The molecular formula is C15H24N2O5S. The number of hydrogen-bond donors (Lipinski definition) is 1. The average Bonchev–Trinajstić information content (AvgIpc) is 2.79. The maximum atomic E-state index is 12.4. The minimum atomic E-state index is -0.708. The molecule has 1 N–H and O–H groups in total. The number of rotatable bonds is 4. The van der Waals surface area contributed by atoms with Gasteiger partial charge in [-0.25, -0.2) is 14.7 Å². The van der Waals surface area contributed by atoms with Crippen LogP contribution < -0.4 is 4.90 Å². The van der Waals surface area contributed by atoms with Gasteiger partial charge in [-0.05, 0) is 41.5 Å². The molecule has 0 atom stereocenters. The van der Waals surface area contributed by atoms with E-state index in [-0.39, 0.29) is 18.3 Å². The van der Waals surface area contributed by atoms with E-state index < -0.39 is 23.3 Å². The van der Waals surface area contributed by atoms with E-state index in [0.717, 1.165) is 16.2 Å². The summed E-state index contributed by atoms with van der Waals surface area (Å²) < 4.78 is 10.6. The Morgan fingerprint density at radius 3 is 2.17 bits per heavy atom. The fourth-order valence-corrected chi connectivity index (χ4v) is 2.33. The highest BCUT2D eigenvalue weighted by atomic mass is 32.1. The Labute approximate surface area is 140 Å². The fraction of sp³-hybridized carbons (Fsp3) is 0.667. The smallest absolute Gasteiger partial charge is 0.417 e. The summed E-state index contributed by atoms with van der Waals surface area (Å²) in [5.74, 6) is -0.566. The second-order valence-electron chi connectivity index (χ2n) is 6.93. The standard InChI is InChI=1S/C15H24N2O5S/c1-14(2,3)21-11(19)7-17(13(20)22-15(4,5)6)12-16-10(8-18)9-23-12/h9,18H,7-8H2,1-6H3. The highest BCUT2D eigenvalue weighted by Crippen LogP contribution is 2.23. The highest BCUT2D eigenvalue weighted by molar-refractivity contribution is 7.14. The first-order valence-corrected chi connectivity index (χ1v) is 8.07. The number of nitrogens with zero attached hydrogens (tertiary/aromatic N) is 2. The monoisotopic (exact) mass is 344 g/mol. The van der Waals surface area contributed by atoms with E-state index in [9.17, 15) is 9.59 Å². The third kappa shape index (κ3) is 6.96. The zero-order valence-corrected chi connectivity index (χ0v) is 15.2. The molecule has 0 aliphatic carbocycles. The first kappa shape index (κ1) is 19.4. The van der Waals surface area contributed by atoms with Gasteiger partial charge in [0.1, 0.15) is 17.7 Å². The van der Waals surface area contributed by atoms with E-state index in [0.29, 0.717) is 5.69 Å². The van der Waals surface area contributed by atoms with Crippen LogP contribution in [0.15, 0.2) is 5.38 Å². The third-order valence-corrected chi connectivity index (χ3v) is 3.17. The predicted molar refractivity (Wildman–Crippen MR) is 87.5 cm³/mol. The first-order chi connectivity index (χ1) is 10.4. The molecule has 23 heavy (non-hydrogen) atoms. The number of aliphatic hydroxyl groups is 1. The van der Waals surface area contributed by atoms with Crippen molar-refractivity contribution in [3.63, 3.8) is 0 Å². The summed E-state index contributed by atoms with van der Waals surface area (Å²) in [5.41, 5.74) is -0.946. The maximum Gasteiger partial charge on any atom is 0.417 e. The van der Waals surface area contributed by atoms with Crippen LogP contribution in [0, 0.1) is 0 Å². The maximum absolute atomic E-state index is 12.4. The molecule has 0 spiro atoms. The molecule has 0 saturated heterocycles. The molecule has 1 aromatic heterocycles. The number of anilines is 1. The third-order valence-electron chi connectivity index (χ3n) is 2.25. The summed E-state index contributed by atoms with van der Waals surface area (Å²) in [5, 5.41) is 11.0. The lowest BCUT2D eigenvalue weighted by molar-refractivity contribution is -0.153. The number of carbonyl (C=O) groups excluding carboxylic acids is 2. The Hall–Kier alpha value is -1.67. The van der Waals surface area contributed by atoms with Gasteiger partial charge >= 0.3 is 12.1 Å². The van der Waals surface area contributed by atoms with Crippen molar-refractivity contribution in [1.29, 1.82) is 0 Å². The first-order valence-electron chi connectivity index (χ1n) is 7.19. The van der Waals surface area contributed by atoms with Crippen LogP contribution in [0.4, 0.5) is 9.93 Å². The van der Waals surface area contributed by atoms with Crippen molar-refractivity contribution in [2.45, 2.75) is 59.4 Å². The second kappa shape index (κ2) is 7.27. The van der Waals surface area contributed by atoms with E-state index in [1.54, 1.807) is 46.9 Å². The van der Waals surface area contributed by atoms with Gasteiger partial charge in [0.25, 0.3) is 0 Å². The lowest BCUT2D eigenvalue weighted by atomic mass is 10.2. The van der Waals surface area contributed by atoms with Gasteiger partial charge in [0, 0.05) is 5.38 Å². The largest absolute Gasteiger partial charge is 0.459 e. The quantitative estimate of drug-likeness (QED) is 0.845. The van der Waals surface area contributed by atoms with E-state index in [1.165, 1.54) is 0 Å². The molecule has 1 heterocycles. The molecule has 0 unspecified atom stereocenters. The fourth-order valence-electron chi connectivity index (χ4n) is 1.52. The molecule has 8 heteroatoms. The zero-order valence-electron chi connectivity index (χ0n) is 14.4. The number of thiazole rings is 1. The molecule has 0 bridgehead atoms. The van der Waals surface area contributed by atoms with Gasteiger partial charge in [-0.3, -0.25) is 4.79 Å². The van der Waals surface area contributed by atoms with Crippen LogP contribution in [-0.4, -0.2) is 39.9 Å². The summed E-state index contributed by atoms with van der Waals surface area (Å²) in [6.45, 7) is 9.88. The summed E-state index contributed by atoms with van der Waals surface area (Å²) >= 11 is 1.14. The lowest BCUT2D eigenvalue weighted by Gasteiger charge is -2.26. The van der Waals surface area contributed by atoms with Gasteiger partial charge in [-0.15, -0.1) is 11.3 Å². The summed E-state index contributed by atoms with van der Waals surface area (Å²) in [6.07, 6.45) is -0.692. The van der Waals surface area contributed by atoms with Gasteiger partial charge in [-0.2, -0.15) is 0 Å². The molecule has 0 radical (unpaired) electrons. The van der Waals surface area contributed by atoms with E-state index in [1.807, 2.05) is 0 Å². The van der Waals surface area contributed by atoms with Crippen molar-refractivity contribution in [2.75, 3.05) is 11.4 Å². The number of amides is 1. The molecule has 1 amide bonds. The van der Waals surface area contributed by atoms with Crippen LogP contribution >= 0.6 is 11.3 Å². The van der Waals surface area contributed by atoms with Crippen LogP contribution in [-0.2, 0) is 20.9 Å². The van der Waals surface area contributed by atoms with E-state index in [4.69, 9.17) is 14.6 Å². The molecule has 130 valence electrons. The van der Waals surface area contributed by atoms with Gasteiger partial charge in [0.2, 0.25) is 0 Å². The van der Waals surface area contributed by atoms with Crippen LogP contribution in [0.5, 0.6) is 0 Å². The van der Waals surface area contributed by atoms with Gasteiger partial charge in [0.15, 0.2) is 5.13 Å². The molecule has 7 nitrogen and oxygen atoms in total. The lowest BCUT2D eigenvalue weighted by Crippen LogP contribution is -2.41. The van der Waals surface area contributed by atoms with Crippen LogP contribution in [0.2, 0.25) is 0 Å². The number of aromatic nitrogens is 1. The number of hydrogen-bond acceptors (Lipinski definition) is 7. The zero-order chi connectivity index (χ0) is 17.8. The number of ether oxygens (including phenoxy) is 2. The van der Waals surface area contributed by atoms with Crippen molar-refractivity contribution < 1.29 is 24.2 Å². The van der Waals surface area contributed by atoms with Crippen molar-refractivity contribution in [3.8, 4) is 0 Å². The van der Waals surface area contributed by atoms with E-state index >= 15 is 0 Å². The predicted octanol–water partition coefficient (Wildman–Crippen LogP) is 2.72. The van der Waals surface area contributed by atoms with Crippen LogP contribution in [0.1, 0.15) is 47.2 Å². The number of esters is 1. The SMILES string of the molecule is CC(C)(C)OC(=O)CN(C(=O)OC(C)(C)C)c1nc(CO)cs1. The van der Waals surface area contributed by atoms with Crippen molar-refractivity contribution in [2.24, 2.45) is 0 Å². The summed E-state index contributed by atoms with van der Waals surface area (Å²) in [4.78, 5) is 29.6. The highest BCUT2D eigenvalue weighted by Gasteiger charge is 2.29.